The van der Waals surface area contributed by atoms with E-state index in [0.29, 0.717) is 18.7 Å². The summed E-state index contributed by atoms with van der Waals surface area (Å²) < 4.78 is 33.5. The zero-order chi connectivity index (χ0) is 8.69. The quantitative estimate of drug-likeness (QED) is 0.614. The van der Waals surface area contributed by atoms with Crippen molar-refractivity contribution in [3.8, 4) is 0 Å². The lowest BCUT2D eigenvalue weighted by atomic mass is 10.5. The van der Waals surface area contributed by atoms with Gasteiger partial charge < -0.3 is 5.32 Å². The number of hydrogen-bond donors (Lipinski definition) is 1. The third kappa shape index (κ3) is 9.97. The molecular formula is C6H13F2NOS. The molecule has 0 saturated carbocycles. The molecule has 5 heteroatoms. The molecule has 0 spiro atoms. The topological polar surface area (TPSA) is 29.1 Å². The molecule has 2 nitrogen and oxygen atoms in total. The normalized spacial score (nSPS) is 13.8. The molecular weight excluding hydrogens is 172 g/mol. The SMILES string of the molecule is CS(=O)CCCNCC(F)F. The first-order valence-electron chi connectivity index (χ1n) is 3.42. The molecule has 0 aromatic rings. The first kappa shape index (κ1) is 11.0. The molecule has 0 amide bonds. The summed E-state index contributed by atoms with van der Waals surface area (Å²) in [6.45, 7) is 0.250. The van der Waals surface area contributed by atoms with Crippen molar-refractivity contribution in [2.45, 2.75) is 12.8 Å². The van der Waals surface area contributed by atoms with E-state index in [9.17, 15) is 13.0 Å². The van der Waals surface area contributed by atoms with Gasteiger partial charge in [-0.25, -0.2) is 8.78 Å². The van der Waals surface area contributed by atoms with E-state index in [1.54, 1.807) is 6.26 Å². The van der Waals surface area contributed by atoms with Crippen molar-refractivity contribution in [2.24, 2.45) is 0 Å². The molecule has 68 valence electrons. The summed E-state index contributed by atoms with van der Waals surface area (Å²) in [5, 5.41) is 2.56. The highest BCUT2D eigenvalue weighted by atomic mass is 32.2. The molecule has 0 aromatic heterocycles. The minimum Gasteiger partial charge on any atom is -0.311 e. The Hall–Kier alpha value is -0.0300. The third-order valence-electron chi connectivity index (χ3n) is 1.08. The van der Waals surface area contributed by atoms with Crippen molar-refractivity contribution in [3.63, 3.8) is 0 Å². The lowest BCUT2D eigenvalue weighted by molar-refractivity contribution is 0.146. The standard InChI is InChI=1S/C6H13F2NOS/c1-11(10)4-2-3-9-5-6(7)8/h6,9H,2-5H2,1H3. The molecule has 1 unspecified atom stereocenters. The van der Waals surface area contributed by atoms with Gasteiger partial charge in [-0.15, -0.1) is 0 Å². The minimum atomic E-state index is -2.29. The van der Waals surface area contributed by atoms with Crippen LogP contribution in [0.25, 0.3) is 0 Å². The van der Waals surface area contributed by atoms with Gasteiger partial charge in [-0.2, -0.15) is 0 Å². The van der Waals surface area contributed by atoms with Crippen LogP contribution >= 0.6 is 0 Å². The van der Waals surface area contributed by atoms with Crippen molar-refractivity contribution in [2.75, 3.05) is 25.1 Å². The van der Waals surface area contributed by atoms with Crippen LogP contribution in [-0.2, 0) is 10.8 Å². The lowest BCUT2D eigenvalue weighted by Gasteiger charge is -2.01. The second-order valence-electron chi connectivity index (χ2n) is 2.23. The van der Waals surface area contributed by atoms with Gasteiger partial charge in [0.1, 0.15) is 0 Å². The second kappa shape index (κ2) is 6.67. The zero-order valence-corrected chi connectivity index (χ0v) is 7.29. The zero-order valence-electron chi connectivity index (χ0n) is 6.48. The molecule has 0 heterocycles. The maximum Gasteiger partial charge on any atom is 0.250 e. The van der Waals surface area contributed by atoms with Gasteiger partial charge in [0.25, 0.3) is 6.43 Å². The summed E-state index contributed by atoms with van der Waals surface area (Å²) in [6, 6.07) is 0. The number of halogens is 2. The summed E-state index contributed by atoms with van der Waals surface area (Å²) >= 11 is 0. The first-order valence-corrected chi connectivity index (χ1v) is 5.14. The van der Waals surface area contributed by atoms with E-state index >= 15 is 0 Å². The van der Waals surface area contributed by atoms with E-state index in [2.05, 4.69) is 5.32 Å². The summed E-state index contributed by atoms with van der Waals surface area (Å²) in [7, 11) is -0.807. The van der Waals surface area contributed by atoms with E-state index in [0.717, 1.165) is 0 Å². The van der Waals surface area contributed by atoms with Crippen LogP contribution in [0.2, 0.25) is 0 Å². The highest BCUT2D eigenvalue weighted by Crippen LogP contribution is 1.88. The van der Waals surface area contributed by atoms with Crippen molar-refractivity contribution < 1.29 is 13.0 Å². The van der Waals surface area contributed by atoms with Gasteiger partial charge in [-0.3, -0.25) is 4.21 Å². The minimum absolute atomic E-state index is 0.268. The molecule has 0 aliphatic carbocycles. The fourth-order valence-electron chi connectivity index (χ4n) is 0.612. The van der Waals surface area contributed by atoms with Crippen LogP contribution in [0.5, 0.6) is 0 Å². The van der Waals surface area contributed by atoms with E-state index in [-0.39, 0.29) is 6.54 Å². The molecule has 1 N–H and O–H groups in total. The van der Waals surface area contributed by atoms with Crippen molar-refractivity contribution >= 4 is 10.8 Å². The van der Waals surface area contributed by atoms with Crippen LogP contribution in [0.3, 0.4) is 0 Å². The summed E-state index contributed by atoms with van der Waals surface area (Å²) in [6.07, 6.45) is 0.00489. The number of hydrogen-bond acceptors (Lipinski definition) is 2. The van der Waals surface area contributed by atoms with Gasteiger partial charge in [0.15, 0.2) is 0 Å². The maximum atomic E-state index is 11.5. The van der Waals surface area contributed by atoms with Gasteiger partial charge in [0, 0.05) is 22.8 Å². The van der Waals surface area contributed by atoms with Crippen molar-refractivity contribution in [1.82, 2.24) is 5.32 Å². The predicted octanol–water partition coefficient (Wildman–Crippen LogP) is 0.610. The average Bonchev–Trinajstić information content (AvgIpc) is 1.85. The number of rotatable bonds is 6. The largest absolute Gasteiger partial charge is 0.311 e. The Morgan fingerprint density at radius 1 is 1.55 bits per heavy atom. The van der Waals surface area contributed by atoms with Crippen LogP contribution in [0.1, 0.15) is 6.42 Å². The Balaban J connectivity index is 2.97. The van der Waals surface area contributed by atoms with Crippen LogP contribution in [0.4, 0.5) is 8.78 Å². The molecule has 0 aliphatic rings. The van der Waals surface area contributed by atoms with Gasteiger partial charge in [-0.05, 0) is 13.0 Å². The van der Waals surface area contributed by atoms with Crippen molar-refractivity contribution in [1.29, 1.82) is 0 Å². The molecule has 0 rings (SSSR count). The molecule has 11 heavy (non-hydrogen) atoms. The molecule has 0 bridgehead atoms. The second-order valence-corrected chi connectivity index (χ2v) is 3.78. The summed E-state index contributed by atoms with van der Waals surface area (Å²) in [4.78, 5) is 0. The van der Waals surface area contributed by atoms with E-state index in [1.807, 2.05) is 0 Å². The van der Waals surface area contributed by atoms with Gasteiger partial charge in [-0.1, -0.05) is 0 Å². The Morgan fingerprint density at radius 3 is 2.64 bits per heavy atom. The van der Waals surface area contributed by atoms with Crippen LogP contribution in [0, 0.1) is 0 Å². The Morgan fingerprint density at radius 2 is 2.18 bits per heavy atom. The van der Waals surface area contributed by atoms with Gasteiger partial charge in [0.05, 0.1) is 6.54 Å². The fraction of sp³-hybridized carbons (Fsp3) is 1.00. The van der Waals surface area contributed by atoms with Crippen molar-refractivity contribution in [3.05, 3.63) is 0 Å². The van der Waals surface area contributed by atoms with E-state index in [4.69, 9.17) is 0 Å². The Kier molecular flexibility index (Phi) is 6.65. The highest BCUT2D eigenvalue weighted by Gasteiger charge is 1.99. The predicted molar refractivity (Wildman–Crippen MR) is 42.4 cm³/mol. The Labute approximate surface area is 67.8 Å². The number of alkyl halides is 2. The van der Waals surface area contributed by atoms with Gasteiger partial charge in [0.2, 0.25) is 0 Å². The molecule has 0 aromatic carbocycles. The maximum absolute atomic E-state index is 11.5. The first-order chi connectivity index (χ1) is 5.13. The Bertz CT molecular complexity index is 121. The fourth-order valence-corrected chi connectivity index (χ4v) is 1.16. The van der Waals surface area contributed by atoms with Crippen LogP contribution in [0.15, 0.2) is 0 Å². The third-order valence-corrected chi connectivity index (χ3v) is 1.95. The monoisotopic (exact) mass is 185 g/mol. The lowest BCUT2D eigenvalue weighted by Crippen LogP contribution is -2.23. The van der Waals surface area contributed by atoms with Crippen LogP contribution in [-0.4, -0.2) is 35.7 Å². The average molecular weight is 185 g/mol. The smallest absolute Gasteiger partial charge is 0.250 e. The van der Waals surface area contributed by atoms with E-state index < -0.39 is 17.2 Å². The molecule has 0 radical (unpaired) electrons. The molecule has 0 aliphatic heterocycles. The molecule has 0 fully saturated rings. The summed E-state index contributed by atoms with van der Waals surface area (Å²) in [5.41, 5.74) is 0. The van der Waals surface area contributed by atoms with Gasteiger partial charge >= 0.3 is 0 Å². The van der Waals surface area contributed by atoms with E-state index in [1.165, 1.54) is 0 Å². The summed E-state index contributed by atoms with van der Waals surface area (Å²) in [5.74, 6) is 0.580. The molecule has 0 saturated heterocycles. The molecule has 1 atom stereocenters. The highest BCUT2D eigenvalue weighted by molar-refractivity contribution is 7.84. The number of nitrogens with one attached hydrogen (secondary N) is 1. The van der Waals surface area contributed by atoms with Crippen LogP contribution < -0.4 is 5.32 Å².